The molecule has 9 nitrogen and oxygen atoms in total. The van der Waals surface area contributed by atoms with Gasteiger partial charge in [0.05, 0.1) is 22.7 Å². The van der Waals surface area contributed by atoms with Crippen LogP contribution in [0.1, 0.15) is 31.2 Å². The van der Waals surface area contributed by atoms with Crippen LogP contribution in [0.15, 0.2) is 54.9 Å². The quantitative estimate of drug-likeness (QED) is 0.215. The second-order valence-electron chi connectivity index (χ2n) is 11.2. The number of alkyl halides is 2. The number of fused-ring (bicyclic) bond motifs is 1. The number of sulfonamides is 1. The predicted molar refractivity (Wildman–Crippen MR) is 159 cm³/mol. The van der Waals surface area contributed by atoms with Gasteiger partial charge in [0.2, 0.25) is 27.8 Å². The van der Waals surface area contributed by atoms with Crippen molar-refractivity contribution in [2.45, 2.75) is 44.6 Å². The summed E-state index contributed by atoms with van der Waals surface area (Å²) in [4.78, 5) is 13.5. The molecule has 0 spiro atoms. The Morgan fingerprint density at radius 1 is 1.07 bits per heavy atom. The molecule has 2 aliphatic rings. The Balaban J connectivity index is 1.30. The minimum Gasteiger partial charge on any atom is -0.437 e. The lowest BCUT2D eigenvalue weighted by atomic mass is 9.83. The molecule has 13 heteroatoms. The summed E-state index contributed by atoms with van der Waals surface area (Å²) in [5.41, 5.74) is 1.63. The zero-order valence-electron chi connectivity index (χ0n) is 23.4. The van der Waals surface area contributed by atoms with Crippen molar-refractivity contribution in [1.29, 1.82) is 0 Å². The summed E-state index contributed by atoms with van der Waals surface area (Å²) >= 11 is 0. The molecule has 1 aliphatic heterocycles. The number of ether oxygens (including phenoxy) is 1. The fourth-order valence-electron chi connectivity index (χ4n) is 5.61. The maximum atomic E-state index is 15.0. The van der Waals surface area contributed by atoms with Crippen LogP contribution < -0.4 is 20.1 Å². The van der Waals surface area contributed by atoms with E-state index >= 15 is 4.39 Å². The van der Waals surface area contributed by atoms with Gasteiger partial charge < -0.3 is 15.4 Å². The minimum atomic E-state index is -4.10. The van der Waals surface area contributed by atoms with Crippen LogP contribution in [0.3, 0.4) is 0 Å². The zero-order valence-corrected chi connectivity index (χ0v) is 24.2. The average molecular weight is 613 g/mol. The summed E-state index contributed by atoms with van der Waals surface area (Å²) in [5.74, 6) is -3.76. The Bertz CT molecular complexity index is 1760. The third-order valence-corrected chi connectivity index (χ3v) is 9.14. The van der Waals surface area contributed by atoms with Crippen molar-refractivity contribution in [3.8, 4) is 22.9 Å². The summed E-state index contributed by atoms with van der Waals surface area (Å²) in [5, 5.41) is 7.43. The molecule has 226 valence electrons. The van der Waals surface area contributed by atoms with Gasteiger partial charge in [0, 0.05) is 48.6 Å². The number of hydrogen-bond acceptors (Lipinski definition) is 8. The van der Waals surface area contributed by atoms with E-state index in [0.29, 0.717) is 33.9 Å². The third kappa shape index (κ3) is 6.52. The fourth-order valence-corrected chi connectivity index (χ4v) is 7.07. The van der Waals surface area contributed by atoms with Gasteiger partial charge in [-0.25, -0.2) is 36.5 Å². The van der Waals surface area contributed by atoms with E-state index in [0.717, 1.165) is 32.0 Å². The Morgan fingerprint density at radius 2 is 1.88 bits per heavy atom. The molecule has 2 aromatic carbocycles. The van der Waals surface area contributed by atoms with Crippen LogP contribution in [0, 0.1) is 18.7 Å². The number of benzene rings is 2. The average Bonchev–Trinajstić information content (AvgIpc) is 2.96. The van der Waals surface area contributed by atoms with E-state index in [1.54, 1.807) is 36.7 Å². The molecule has 1 saturated heterocycles. The maximum Gasteiger partial charge on any atom is 0.248 e. The van der Waals surface area contributed by atoms with E-state index in [4.69, 9.17) is 9.72 Å². The van der Waals surface area contributed by atoms with E-state index in [9.17, 15) is 17.2 Å². The molecule has 0 amide bonds. The zero-order chi connectivity index (χ0) is 30.2. The molecule has 0 radical (unpaired) electrons. The van der Waals surface area contributed by atoms with Crippen molar-refractivity contribution in [1.82, 2.24) is 20.3 Å². The summed E-state index contributed by atoms with van der Waals surface area (Å²) < 4.78 is 75.9. The Kier molecular flexibility index (Phi) is 7.86. The molecular weight excluding hydrogens is 581 g/mol. The van der Waals surface area contributed by atoms with Gasteiger partial charge in [-0.05, 0) is 68.1 Å². The van der Waals surface area contributed by atoms with Gasteiger partial charge in [0.1, 0.15) is 11.6 Å². The molecule has 43 heavy (non-hydrogen) atoms. The lowest BCUT2D eigenvalue weighted by Gasteiger charge is -2.34. The number of hydrogen-bond donors (Lipinski definition) is 3. The van der Waals surface area contributed by atoms with E-state index in [1.165, 1.54) is 6.07 Å². The van der Waals surface area contributed by atoms with Crippen molar-refractivity contribution >= 4 is 32.4 Å². The van der Waals surface area contributed by atoms with Gasteiger partial charge in [-0.3, -0.25) is 4.72 Å². The van der Waals surface area contributed by atoms with Crippen molar-refractivity contribution in [3.63, 3.8) is 0 Å². The molecule has 0 unspecified atom stereocenters. The van der Waals surface area contributed by atoms with Crippen LogP contribution in [-0.4, -0.2) is 54.2 Å². The standard InChI is InChI=1S/C30H31F3N6O3S/c1-18-6-7-21-22(8-9-24(31)26(21)39-43(40,41)17-19-14-30(32,33)15-19)27(18)42-28-23(5-3-12-35-28)25-10-13-36-29(38-25)37-20-4-2-11-34-16-20/h3,5-10,12-13,19-20,34,39H,2,4,11,14-17H2,1H3,(H,36,37,38)/t20-/m0/s1. The predicted octanol–water partition coefficient (Wildman–Crippen LogP) is 5.88. The van der Waals surface area contributed by atoms with Gasteiger partial charge in [-0.1, -0.05) is 12.1 Å². The molecule has 2 fully saturated rings. The van der Waals surface area contributed by atoms with Crippen LogP contribution in [-0.2, 0) is 10.0 Å². The first-order chi connectivity index (χ1) is 20.6. The third-order valence-electron chi connectivity index (χ3n) is 7.72. The maximum absolute atomic E-state index is 15.0. The first-order valence-electron chi connectivity index (χ1n) is 14.1. The molecule has 3 N–H and O–H groups in total. The minimum absolute atomic E-state index is 0.216. The van der Waals surface area contributed by atoms with Crippen molar-refractivity contribution in [2.24, 2.45) is 5.92 Å². The van der Waals surface area contributed by atoms with Gasteiger partial charge in [-0.15, -0.1) is 0 Å². The summed E-state index contributed by atoms with van der Waals surface area (Å²) in [6.45, 7) is 3.63. The van der Waals surface area contributed by atoms with Crippen LogP contribution >= 0.6 is 0 Å². The second kappa shape index (κ2) is 11.6. The topological polar surface area (TPSA) is 118 Å². The molecule has 4 aromatic rings. The van der Waals surface area contributed by atoms with Gasteiger partial charge >= 0.3 is 0 Å². The summed E-state index contributed by atoms with van der Waals surface area (Å²) in [7, 11) is -4.10. The number of pyridine rings is 1. The van der Waals surface area contributed by atoms with E-state index in [-0.39, 0.29) is 23.0 Å². The molecule has 1 aliphatic carbocycles. The largest absolute Gasteiger partial charge is 0.437 e. The number of anilines is 2. The van der Waals surface area contributed by atoms with Crippen LogP contribution in [0.2, 0.25) is 0 Å². The van der Waals surface area contributed by atoms with Crippen LogP contribution in [0.4, 0.5) is 24.8 Å². The highest BCUT2D eigenvalue weighted by atomic mass is 32.2. The molecule has 3 heterocycles. The smallest absolute Gasteiger partial charge is 0.248 e. The monoisotopic (exact) mass is 612 g/mol. The van der Waals surface area contributed by atoms with Crippen molar-refractivity contribution in [2.75, 3.05) is 28.9 Å². The number of piperidine rings is 1. The Morgan fingerprint density at radius 3 is 2.65 bits per heavy atom. The van der Waals surface area contributed by atoms with Crippen LogP contribution in [0.25, 0.3) is 22.0 Å². The first-order valence-corrected chi connectivity index (χ1v) is 15.8. The summed E-state index contributed by atoms with van der Waals surface area (Å²) in [6.07, 6.45) is 4.31. The molecule has 6 rings (SSSR count). The van der Waals surface area contributed by atoms with Crippen molar-refractivity contribution < 1.29 is 26.3 Å². The molecule has 2 aromatic heterocycles. The second-order valence-corrected chi connectivity index (χ2v) is 12.9. The molecule has 1 saturated carbocycles. The highest BCUT2D eigenvalue weighted by Gasteiger charge is 2.46. The van der Waals surface area contributed by atoms with Gasteiger partial charge in [0.25, 0.3) is 0 Å². The number of aryl methyl sites for hydroxylation is 1. The number of halogens is 3. The Labute approximate surface area is 247 Å². The normalized spacial score (nSPS) is 18.7. The number of nitrogens with zero attached hydrogens (tertiary/aromatic N) is 3. The molecular formula is C30H31F3N6O3S. The lowest BCUT2D eigenvalue weighted by Crippen LogP contribution is -2.40. The van der Waals surface area contributed by atoms with Crippen LogP contribution in [0.5, 0.6) is 11.6 Å². The van der Waals surface area contributed by atoms with Gasteiger partial charge in [0.15, 0.2) is 0 Å². The number of rotatable bonds is 9. The van der Waals surface area contributed by atoms with E-state index in [1.807, 2.05) is 13.0 Å². The molecule has 0 bridgehead atoms. The molecule has 1 atom stereocenters. The highest BCUT2D eigenvalue weighted by Crippen LogP contribution is 2.44. The van der Waals surface area contributed by atoms with Gasteiger partial charge in [-0.2, -0.15) is 0 Å². The number of nitrogens with one attached hydrogen (secondary N) is 3. The van der Waals surface area contributed by atoms with E-state index < -0.39 is 46.3 Å². The van der Waals surface area contributed by atoms with E-state index in [2.05, 4.69) is 25.3 Å². The fraction of sp³-hybridized carbons (Fsp3) is 0.367. The number of aromatic nitrogens is 3. The van der Waals surface area contributed by atoms with Crippen molar-refractivity contribution in [3.05, 3.63) is 66.2 Å². The highest BCUT2D eigenvalue weighted by molar-refractivity contribution is 7.92. The lowest BCUT2D eigenvalue weighted by molar-refractivity contribution is -0.103. The summed E-state index contributed by atoms with van der Waals surface area (Å²) in [6, 6.07) is 11.5. The first kappa shape index (κ1) is 29.1. The Hall–Kier alpha value is -3.97. The SMILES string of the molecule is Cc1ccc2c(NS(=O)(=O)CC3CC(F)(F)C3)c(F)ccc2c1Oc1ncccc1-c1ccnc(N[C@H]2CCCNC2)n1.